The summed E-state index contributed by atoms with van der Waals surface area (Å²) in [6.45, 7) is 1.03. The fraction of sp³-hybridized carbons (Fsp3) is 0.250. The van der Waals surface area contributed by atoms with Crippen molar-refractivity contribution in [1.29, 1.82) is 0 Å². The zero-order chi connectivity index (χ0) is 30.5. The van der Waals surface area contributed by atoms with Gasteiger partial charge in [-0.1, -0.05) is 121 Å². The number of rotatable bonds is 8. The van der Waals surface area contributed by atoms with Crippen LogP contribution in [0.25, 0.3) is 0 Å². The SMILES string of the molecule is CN1CC(=O)N2C(CN(CCC(c3ccccc3)c3ccccc3)C(=O)[C@@H]2c2ccccc2)N1C(=O)NCc1ccccc1. The molecule has 0 bridgehead atoms. The summed E-state index contributed by atoms with van der Waals surface area (Å²) in [5, 5.41) is 6.29. The molecule has 2 fully saturated rings. The van der Waals surface area contributed by atoms with Gasteiger partial charge in [0, 0.05) is 26.1 Å². The minimum Gasteiger partial charge on any atom is -0.337 e. The third-order valence-electron chi connectivity index (χ3n) is 8.53. The van der Waals surface area contributed by atoms with E-state index in [1.165, 1.54) is 11.1 Å². The van der Waals surface area contributed by atoms with E-state index in [0.29, 0.717) is 19.5 Å². The van der Waals surface area contributed by atoms with Crippen LogP contribution in [0.2, 0.25) is 0 Å². The van der Waals surface area contributed by atoms with Crippen molar-refractivity contribution >= 4 is 17.8 Å². The third-order valence-corrected chi connectivity index (χ3v) is 8.53. The number of hydrogen-bond acceptors (Lipinski definition) is 4. The average molecular weight is 588 g/mol. The number of fused-ring (bicyclic) bond motifs is 1. The van der Waals surface area contributed by atoms with Gasteiger partial charge in [0.15, 0.2) is 0 Å². The number of urea groups is 1. The molecule has 4 amide bonds. The summed E-state index contributed by atoms with van der Waals surface area (Å²) in [5.41, 5.74) is 4.07. The van der Waals surface area contributed by atoms with E-state index >= 15 is 0 Å². The summed E-state index contributed by atoms with van der Waals surface area (Å²) in [6, 6.07) is 38.6. The van der Waals surface area contributed by atoms with E-state index in [1.54, 1.807) is 22.0 Å². The molecule has 1 N–H and O–H groups in total. The fourth-order valence-electron chi connectivity index (χ4n) is 6.39. The topological polar surface area (TPSA) is 76.2 Å². The van der Waals surface area contributed by atoms with Crippen LogP contribution in [0.5, 0.6) is 0 Å². The smallest absolute Gasteiger partial charge is 0.334 e. The quantitative estimate of drug-likeness (QED) is 0.314. The maximum Gasteiger partial charge on any atom is 0.334 e. The highest BCUT2D eigenvalue weighted by molar-refractivity contribution is 5.92. The molecule has 1 unspecified atom stereocenters. The van der Waals surface area contributed by atoms with Gasteiger partial charge in [-0.2, -0.15) is 0 Å². The van der Waals surface area contributed by atoms with Crippen LogP contribution >= 0.6 is 0 Å². The Labute approximate surface area is 258 Å². The number of carbonyl (C=O) groups excluding carboxylic acids is 3. The van der Waals surface area contributed by atoms with E-state index in [-0.39, 0.29) is 36.9 Å². The lowest BCUT2D eigenvalue weighted by molar-refractivity contribution is -0.187. The first-order chi connectivity index (χ1) is 21.5. The first kappa shape index (κ1) is 29.1. The van der Waals surface area contributed by atoms with Gasteiger partial charge in [-0.15, -0.1) is 0 Å². The van der Waals surface area contributed by atoms with Crippen LogP contribution in [0.15, 0.2) is 121 Å². The van der Waals surface area contributed by atoms with E-state index in [1.807, 2.05) is 102 Å². The molecule has 2 aliphatic heterocycles. The molecule has 0 radical (unpaired) electrons. The molecule has 0 aromatic heterocycles. The van der Waals surface area contributed by atoms with Gasteiger partial charge in [-0.05, 0) is 28.7 Å². The predicted molar refractivity (Wildman–Crippen MR) is 169 cm³/mol. The monoisotopic (exact) mass is 587 g/mol. The Hall–Kier alpha value is -4.95. The summed E-state index contributed by atoms with van der Waals surface area (Å²) in [4.78, 5) is 45.1. The molecule has 2 saturated heterocycles. The van der Waals surface area contributed by atoms with Crippen molar-refractivity contribution in [2.24, 2.45) is 0 Å². The van der Waals surface area contributed by atoms with E-state index in [9.17, 15) is 14.4 Å². The van der Waals surface area contributed by atoms with Crippen molar-refractivity contribution in [3.63, 3.8) is 0 Å². The normalized spacial score (nSPS) is 18.8. The van der Waals surface area contributed by atoms with E-state index in [4.69, 9.17) is 0 Å². The zero-order valence-electron chi connectivity index (χ0n) is 24.8. The zero-order valence-corrected chi connectivity index (χ0v) is 24.8. The molecule has 0 spiro atoms. The first-order valence-electron chi connectivity index (χ1n) is 15.1. The van der Waals surface area contributed by atoms with Crippen molar-refractivity contribution in [3.8, 4) is 0 Å². The second kappa shape index (κ2) is 13.1. The van der Waals surface area contributed by atoms with Crippen molar-refractivity contribution in [1.82, 2.24) is 25.1 Å². The van der Waals surface area contributed by atoms with Gasteiger partial charge in [-0.25, -0.2) is 14.8 Å². The second-order valence-electron chi connectivity index (χ2n) is 11.3. The fourth-order valence-corrected chi connectivity index (χ4v) is 6.39. The van der Waals surface area contributed by atoms with Crippen molar-refractivity contribution in [2.45, 2.75) is 31.1 Å². The highest BCUT2D eigenvalue weighted by atomic mass is 16.2. The second-order valence-corrected chi connectivity index (χ2v) is 11.3. The number of piperazine rings is 1. The van der Waals surface area contributed by atoms with Gasteiger partial charge in [0.1, 0.15) is 12.2 Å². The third kappa shape index (κ3) is 6.07. The highest BCUT2D eigenvalue weighted by Crippen LogP contribution is 2.36. The molecule has 0 saturated carbocycles. The number of amides is 4. The number of carbonyl (C=O) groups is 3. The van der Waals surface area contributed by atoms with Gasteiger partial charge in [0.2, 0.25) is 11.8 Å². The van der Waals surface area contributed by atoms with Crippen LogP contribution in [-0.2, 0) is 16.1 Å². The van der Waals surface area contributed by atoms with Crippen molar-refractivity contribution < 1.29 is 14.4 Å². The molecule has 44 heavy (non-hydrogen) atoms. The van der Waals surface area contributed by atoms with E-state index in [2.05, 4.69) is 29.6 Å². The summed E-state index contributed by atoms with van der Waals surface area (Å²) >= 11 is 0. The molecule has 4 aromatic carbocycles. The molecular formula is C36H37N5O3. The molecule has 0 aliphatic carbocycles. The van der Waals surface area contributed by atoms with Crippen LogP contribution in [0.1, 0.15) is 40.6 Å². The lowest BCUT2D eigenvalue weighted by Gasteiger charge is -2.54. The minimum absolute atomic E-state index is 0.00401. The number of nitrogens with zero attached hydrogens (tertiary/aromatic N) is 4. The minimum atomic E-state index is -0.826. The number of hydrogen-bond donors (Lipinski definition) is 1. The molecule has 2 aliphatic rings. The Kier molecular flexibility index (Phi) is 8.70. The number of likely N-dealkylation sites (N-methyl/N-ethyl adjacent to an activating group) is 1. The molecule has 4 aromatic rings. The van der Waals surface area contributed by atoms with Gasteiger partial charge < -0.3 is 15.1 Å². The van der Waals surface area contributed by atoms with Crippen molar-refractivity contribution in [3.05, 3.63) is 144 Å². The van der Waals surface area contributed by atoms with Gasteiger partial charge in [-0.3, -0.25) is 9.59 Å². The number of hydrazine groups is 1. The largest absolute Gasteiger partial charge is 0.337 e. The average Bonchev–Trinajstić information content (AvgIpc) is 3.06. The molecular weight excluding hydrogens is 550 g/mol. The van der Waals surface area contributed by atoms with Crippen LogP contribution in [0.3, 0.4) is 0 Å². The summed E-state index contributed by atoms with van der Waals surface area (Å²) in [6.07, 6.45) is 0.0321. The Morgan fingerprint density at radius 2 is 1.34 bits per heavy atom. The van der Waals surface area contributed by atoms with Gasteiger partial charge >= 0.3 is 6.03 Å². The Morgan fingerprint density at radius 1 is 0.795 bits per heavy atom. The summed E-state index contributed by atoms with van der Waals surface area (Å²) in [7, 11) is 1.75. The number of nitrogens with one attached hydrogen (secondary N) is 1. The van der Waals surface area contributed by atoms with Crippen molar-refractivity contribution in [2.75, 3.05) is 26.7 Å². The summed E-state index contributed by atoms with van der Waals surface area (Å²) in [5.74, 6) is -0.230. The van der Waals surface area contributed by atoms with Crippen LogP contribution in [-0.4, -0.2) is 70.5 Å². The predicted octanol–water partition coefficient (Wildman–Crippen LogP) is 5.02. The molecule has 224 valence electrons. The van der Waals surface area contributed by atoms with Gasteiger partial charge in [0.25, 0.3) is 0 Å². The van der Waals surface area contributed by atoms with E-state index in [0.717, 1.165) is 11.1 Å². The Balaban J connectivity index is 1.31. The maximum atomic E-state index is 14.3. The van der Waals surface area contributed by atoms with E-state index < -0.39 is 12.2 Å². The molecule has 8 heteroatoms. The van der Waals surface area contributed by atoms with Crippen LogP contribution in [0, 0.1) is 0 Å². The number of benzene rings is 4. The molecule has 2 heterocycles. The lowest BCUT2D eigenvalue weighted by atomic mass is 9.88. The first-order valence-corrected chi connectivity index (χ1v) is 15.1. The standard InChI is InChI=1S/C36H37N5O3/c1-38-26-33(42)40-32(41(38)36(44)37-24-27-14-6-2-7-15-27)25-39(35(43)34(40)30-20-12-5-13-21-30)23-22-31(28-16-8-3-9-17-28)29-18-10-4-11-19-29/h2-21,31-32,34H,22-26H2,1H3,(H,37,44)/t32?,34-/m0/s1. The lowest BCUT2D eigenvalue weighted by Crippen LogP contribution is -2.73. The molecule has 8 nitrogen and oxygen atoms in total. The summed E-state index contributed by atoms with van der Waals surface area (Å²) < 4.78 is 0. The van der Waals surface area contributed by atoms with Crippen LogP contribution in [0.4, 0.5) is 4.79 Å². The van der Waals surface area contributed by atoms with Gasteiger partial charge in [0.05, 0.1) is 13.1 Å². The van der Waals surface area contributed by atoms with Crippen LogP contribution < -0.4 is 5.32 Å². The Morgan fingerprint density at radius 3 is 1.93 bits per heavy atom. The molecule has 6 rings (SSSR count). The molecule has 2 atom stereocenters. The Bertz CT molecular complexity index is 1530. The maximum absolute atomic E-state index is 14.3. The highest BCUT2D eigenvalue weighted by Gasteiger charge is 2.51.